The van der Waals surface area contributed by atoms with E-state index in [1.165, 1.54) is 49.4 Å². The van der Waals surface area contributed by atoms with Crippen molar-refractivity contribution in [3.05, 3.63) is 90.0 Å². The Bertz CT molecular complexity index is 1750. The van der Waals surface area contributed by atoms with Gasteiger partial charge < -0.3 is 10.1 Å². The number of nitrogens with zero attached hydrogens (tertiary/aromatic N) is 1. The lowest BCUT2D eigenvalue weighted by molar-refractivity contribution is -0.142. The first-order valence-electron chi connectivity index (χ1n) is 12.7. The van der Waals surface area contributed by atoms with Gasteiger partial charge in [0.2, 0.25) is 20.3 Å². The lowest BCUT2D eigenvalue weighted by Gasteiger charge is -2.25. The van der Waals surface area contributed by atoms with Gasteiger partial charge in [0.15, 0.2) is 6.04 Å². The van der Waals surface area contributed by atoms with Crippen LogP contribution in [0, 0.1) is 0 Å². The van der Waals surface area contributed by atoms with Gasteiger partial charge in [0.1, 0.15) is 4.86 Å². The third-order valence-electron chi connectivity index (χ3n) is 6.26. The van der Waals surface area contributed by atoms with Gasteiger partial charge in [-0.3, -0.25) is 0 Å². The fraction of sp³-hybridized carbons (Fsp3) is 0.259. The Labute approximate surface area is 240 Å². The molecule has 1 atom stereocenters. The van der Waals surface area contributed by atoms with Gasteiger partial charge in [-0.2, -0.15) is 8.42 Å². The summed E-state index contributed by atoms with van der Waals surface area (Å²) in [4.78, 5) is 12.4. The zero-order chi connectivity index (χ0) is 29.6. The van der Waals surface area contributed by atoms with Crippen LogP contribution in [0.3, 0.4) is 0 Å². The third-order valence-corrected chi connectivity index (χ3v) is 10.2. The van der Waals surface area contributed by atoms with Crippen molar-refractivity contribution < 1.29 is 34.8 Å². The fourth-order valence-corrected chi connectivity index (χ4v) is 7.96. The molecule has 0 spiro atoms. The molecule has 3 aromatic rings. The quantitative estimate of drug-likeness (QED) is 0.175. The summed E-state index contributed by atoms with van der Waals surface area (Å²) in [5.74, 6) is -1.15. The number of ether oxygens (including phenoxy) is 1. The second-order valence-corrected chi connectivity index (χ2v) is 13.6. The predicted molar refractivity (Wildman–Crippen MR) is 156 cm³/mol. The summed E-state index contributed by atoms with van der Waals surface area (Å²) < 4.78 is 85.8. The van der Waals surface area contributed by atoms with Crippen molar-refractivity contribution in [3.8, 4) is 0 Å². The first kappa shape index (κ1) is 30.2. The molecule has 1 aliphatic rings. The zero-order valence-corrected chi connectivity index (χ0v) is 24.5. The van der Waals surface area contributed by atoms with Crippen LogP contribution in [-0.4, -0.2) is 67.6 Å². The zero-order valence-electron chi connectivity index (χ0n) is 22.1. The first-order chi connectivity index (χ1) is 19.6. The van der Waals surface area contributed by atoms with Gasteiger partial charge in [0, 0.05) is 24.3 Å². The van der Waals surface area contributed by atoms with E-state index in [9.17, 15) is 30.0 Å². The molecule has 218 valence electrons. The number of hydrogen-bond acceptors (Lipinski definition) is 9. The average molecular weight is 620 g/mol. The molecule has 3 aromatic carbocycles. The molecule has 0 amide bonds. The molecule has 0 aromatic heterocycles. The van der Waals surface area contributed by atoms with E-state index in [1.54, 1.807) is 6.07 Å². The highest BCUT2D eigenvalue weighted by atomic mass is 32.2. The molecule has 0 bridgehead atoms. The molecule has 4 rings (SSSR count). The van der Waals surface area contributed by atoms with Crippen LogP contribution in [0.5, 0.6) is 0 Å². The second-order valence-electron chi connectivity index (χ2n) is 8.94. The Balaban J connectivity index is 1.61. The second kappa shape index (κ2) is 12.9. The number of benzene rings is 3. The van der Waals surface area contributed by atoms with E-state index in [4.69, 9.17) is 4.74 Å². The van der Waals surface area contributed by atoms with Crippen LogP contribution >= 0.6 is 0 Å². The highest BCUT2D eigenvalue weighted by molar-refractivity contribution is 7.93. The molecule has 1 aliphatic heterocycles. The summed E-state index contributed by atoms with van der Waals surface area (Å²) in [6.07, 6.45) is 0.338. The molecule has 0 saturated heterocycles. The molecule has 14 heteroatoms. The average Bonchev–Trinajstić information content (AvgIpc) is 3.33. The van der Waals surface area contributed by atoms with E-state index in [-0.39, 0.29) is 47.3 Å². The van der Waals surface area contributed by atoms with E-state index >= 15 is 0 Å². The van der Waals surface area contributed by atoms with Gasteiger partial charge in [-0.05, 0) is 43.2 Å². The van der Waals surface area contributed by atoms with Crippen LogP contribution in [0.4, 0.5) is 11.4 Å². The Morgan fingerprint density at radius 3 is 2.20 bits per heavy atom. The highest BCUT2D eigenvalue weighted by Gasteiger charge is 2.49. The Kier molecular flexibility index (Phi) is 9.48. The van der Waals surface area contributed by atoms with Crippen molar-refractivity contribution in [1.82, 2.24) is 4.72 Å². The molecule has 1 unspecified atom stereocenters. The number of nitrogens with one attached hydrogen (secondary N) is 2. The summed E-state index contributed by atoms with van der Waals surface area (Å²) in [6, 6.07) is 19.2. The number of carbonyl (C=O) groups is 1. The molecule has 41 heavy (non-hydrogen) atoms. The highest BCUT2D eigenvalue weighted by Crippen LogP contribution is 2.41. The number of rotatable bonds is 12. The van der Waals surface area contributed by atoms with Gasteiger partial charge in [0.25, 0.3) is 10.0 Å². The third kappa shape index (κ3) is 6.78. The maximum atomic E-state index is 13.7. The van der Waals surface area contributed by atoms with Gasteiger partial charge in [-0.15, -0.1) is 0 Å². The lowest BCUT2D eigenvalue weighted by atomic mass is 10.1. The number of sulfonamides is 2. The molecule has 2 N–H and O–H groups in total. The van der Waals surface area contributed by atoms with Crippen LogP contribution in [0.2, 0.25) is 0 Å². The summed E-state index contributed by atoms with van der Waals surface area (Å²) >= 11 is 0. The summed E-state index contributed by atoms with van der Waals surface area (Å²) in [7, 11) is -11.0. The van der Waals surface area contributed by atoms with Crippen molar-refractivity contribution in [3.63, 3.8) is 0 Å². The fourth-order valence-electron chi connectivity index (χ4n) is 4.46. The molecule has 0 saturated carbocycles. The van der Waals surface area contributed by atoms with Crippen LogP contribution in [-0.2, 0) is 46.3 Å². The monoisotopic (exact) mass is 619 g/mol. The van der Waals surface area contributed by atoms with Crippen LogP contribution in [0.1, 0.15) is 18.1 Å². The number of fused-ring (bicyclic) bond motifs is 1. The van der Waals surface area contributed by atoms with Crippen molar-refractivity contribution in [2.75, 3.05) is 35.1 Å². The first-order valence-corrected chi connectivity index (χ1v) is 16.8. The van der Waals surface area contributed by atoms with Crippen LogP contribution in [0.25, 0.3) is 0 Å². The van der Waals surface area contributed by atoms with Crippen molar-refractivity contribution in [1.29, 1.82) is 0 Å². The number of esters is 1. The summed E-state index contributed by atoms with van der Waals surface area (Å²) in [5, 5.41) is 2.98. The standard InChI is InChI=1S/C27H29N3O8S3/c1-2-38-27(31)25-26(39(32)33)24-22(28-17-18-29-40(34,35)19-16-20-10-5-3-6-11-20)14-9-15-23(24)30(25)41(36,37)21-12-7-4-8-13-21/h3-15,25,28-29H,2,16-19H2,1H3. The summed E-state index contributed by atoms with van der Waals surface area (Å²) in [5.41, 5.74) is 1.06. The normalized spacial score (nSPS) is 14.9. The van der Waals surface area contributed by atoms with Gasteiger partial charge in [0.05, 0.1) is 22.9 Å². The minimum Gasteiger partial charge on any atom is -0.464 e. The SMILES string of the molecule is CCOC(=O)C1C(=S(=O)=O)c2c(NCCNS(=O)(=O)CCc3ccccc3)cccc2N1S(=O)(=O)c1ccccc1. The molecule has 0 aliphatic carbocycles. The maximum Gasteiger partial charge on any atom is 0.335 e. The number of carbonyl (C=O) groups excluding carboxylic acids is 1. The maximum absolute atomic E-state index is 13.7. The lowest BCUT2D eigenvalue weighted by Crippen LogP contribution is -2.46. The molecule has 0 radical (unpaired) electrons. The Morgan fingerprint density at radius 1 is 0.902 bits per heavy atom. The van der Waals surface area contributed by atoms with E-state index in [1.807, 2.05) is 30.3 Å². The molecular weight excluding hydrogens is 591 g/mol. The Hall–Kier alpha value is -3.72. The predicted octanol–water partition coefficient (Wildman–Crippen LogP) is 1.80. The molecule has 0 fully saturated rings. The minimum atomic E-state index is -4.40. The van der Waals surface area contributed by atoms with E-state index in [0.29, 0.717) is 6.42 Å². The van der Waals surface area contributed by atoms with E-state index < -0.39 is 47.2 Å². The number of aryl methyl sites for hydroxylation is 1. The van der Waals surface area contributed by atoms with Crippen molar-refractivity contribution in [2.24, 2.45) is 0 Å². The van der Waals surface area contributed by atoms with Crippen molar-refractivity contribution >= 4 is 52.5 Å². The van der Waals surface area contributed by atoms with Crippen molar-refractivity contribution in [2.45, 2.75) is 24.3 Å². The van der Waals surface area contributed by atoms with E-state index in [2.05, 4.69) is 10.0 Å². The van der Waals surface area contributed by atoms with Crippen LogP contribution in [0.15, 0.2) is 83.8 Å². The number of anilines is 2. The van der Waals surface area contributed by atoms with Gasteiger partial charge in [-0.1, -0.05) is 54.6 Å². The topological polar surface area (TPSA) is 156 Å². The van der Waals surface area contributed by atoms with E-state index in [0.717, 1.165) is 9.87 Å². The number of hydrogen-bond donors (Lipinski definition) is 2. The Morgan fingerprint density at radius 2 is 1.56 bits per heavy atom. The largest absolute Gasteiger partial charge is 0.464 e. The molecule has 1 heterocycles. The molecular formula is C27H29N3O8S3. The van der Waals surface area contributed by atoms with Gasteiger partial charge >= 0.3 is 5.97 Å². The molecule has 11 nitrogen and oxygen atoms in total. The summed E-state index contributed by atoms with van der Waals surface area (Å²) in [6.45, 7) is 1.45. The van der Waals surface area contributed by atoms with Gasteiger partial charge in [-0.25, -0.2) is 30.7 Å². The minimum absolute atomic E-state index is 0.00896. The smallest absolute Gasteiger partial charge is 0.335 e. The van der Waals surface area contributed by atoms with Crippen LogP contribution < -0.4 is 14.3 Å².